The molecule has 0 aliphatic carbocycles. The molecule has 1 unspecified atom stereocenters. The molecule has 0 radical (unpaired) electrons. The van der Waals surface area contributed by atoms with E-state index in [1.54, 1.807) is 6.20 Å². The minimum Gasteiger partial charge on any atom is -0.389 e. The molecule has 0 saturated carbocycles. The lowest BCUT2D eigenvalue weighted by molar-refractivity contribution is 0.865. The topological polar surface area (TPSA) is 50.9 Å². The fourth-order valence-corrected chi connectivity index (χ4v) is 2.16. The molecule has 3 N–H and O–H groups in total. The molecule has 2 rings (SSSR count). The lowest BCUT2D eigenvalue weighted by atomic mass is 10.0. The number of aromatic nitrogens is 1. The maximum atomic E-state index is 5.62. The van der Waals surface area contributed by atoms with Crippen LogP contribution in [0, 0.1) is 6.92 Å². The summed E-state index contributed by atoms with van der Waals surface area (Å²) in [6, 6.07) is 12.2. The summed E-state index contributed by atoms with van der Waals surface area (Å²) in [4.78, 5) is 4.67. The van der Waals surface area contributed by atoms with Crippen molar-refractivity contribution in [2.24, 2.45) is 5.73 Å². The third kappa shape index (κ3) is 3.29. The number of nitrogens with one attached hydrogen (secondary N) is 1. The molecule has 0 bridgehead atoms. The molecule has 0 aliphatic rings. The fraction of sp³-hybridized carbons (Fsp3) is 0.200. The summed E-state index contributed by atoms with van der Waals surface area (Å²) in [5, 5.41) is 3.37. The molecule has 1 aromatic carbocycles. The van der Waals surface area contributed by atoms with Gasteiger partial charge >= 0.3 is 0 Å². The van der Waals surface area contributed by atoms with Crippen molar-refractivity contribution in [2.45, 2.75) is 19.9 Å². The van der Waals surface area contributed by atoms with Crippen molar-refractivity contribution >= 4 is 23.0 Å². The molecule has 1 aromatic heterocycles. The number of aryl methyl sites for hydroxylation is 1. The number of nitrogens with two attached hydrogens (primary N) is 1. The molecule has 19 heavy (non-hydrogen) atoms. The Kier molecular flexibility index (Phi) is 4.12. The van der Waals surface area contributed by atoms with Gasteiger partial charge in [-0.2, -0.15) is 0 Å². The van der Waals surface area contributed by atoms with Gasteiger partial charge in [-0.15, -0.1) is 0 Å². The van der Waals surface area contributed by atoms with Gasteiger partial charge in [0.05, 0.1) is 6.04 Å². The van der Waals surface area contributed by atoms with Crippen LogP contribution in [0.3, 0.4) is 0 Å². The van der Waals surface area contributed by atoms with Crippen LogP contribution in [-0.2, 0) is 0 Å². The summed E-state index contributed by atoms with van der Waals surface area (Å²) in [7, 11) is 0. The molecule has 1 atom stereocenters. The van der Waals surface area contributed by atoms with Gasteiger partial charge in [-0.1, -0.05) is 36.5 Å². The SMILES string of the molecule is Cc1ccccc1C(C)Nc1cc(C(N)=S)ccn1. The zero-order chi connectivity index (χ0) is 13.8. The summed E-state index contributed by atoms with van der Waals surface area (Å²) in [6.07, 6.45) is 1.71. The zero-order valence-electron chi connectivity index (χ0n) is 11.1. The summed E-state index contributed by atoms with van der Waals surface area (Å²) in [5.41, 5.74) is 8.96. The van der Waals surface area contributed by atoms with Crippen LogP contribution in [0.25, 0.3) is 0 Å². The maximum absolute atomic E-state index is 5.62. The highest BCUT2D eigenvalue weighted by atomic mass is 32.1. The first-order valence-corrected chi connectivity index (χ1v) is 6.56. The Balaban J connectivity index is 2.19. The Morgan fingerprint density at radius 2 is 2.05 bits per heavy atom. The van der Waals surface area contributed by atoms with E-state index < -0.39 is 0 Å². The van der Waals surface area contributed by atoms with Crippen molar-refractivity contribution in [1.29, 1.82) is 0 Å². The standard InChI is InChI=1S/C15H17N3S/c1-10-5-3-4-6-13(10)11(2)18-14-9-12(15(16)19)7-8-17-14/h3-9,11H,1-2H3,(H2,16,19)(H,17,18). The molecular weight excluding hydrogens is 254 g/mol. The molecule has 0 aliphatic heterocycles. The molecule has 0 amide bonds. The van der Waals surface area contributed by atoms with Crippen LogP contribution in [0.4, 0.5) is 5.82 Å². The van der Waals surface area contributed by atoms with E-state index >= 15 is 0 Å². The van der Waals surface area contributed by atoms with E-state index in [2.05, 4.69) is 36.3 Å². The summed E-state index contributed by atoms with van der Waals surface area (Å²) in [6.45, 7) is 4.21. The van der Waals surface area contributed by atoms with E-state index in [1.165, 1.54) is 11.1 Å². The number of benzene rings is 1. The number of thiocarbonyl (C=S) groups is 1. The highest BCUT2D eigenvalue weighted by molar-refractivity contribution is 7.80. The molecule has 0 spiro atoms. The van der Waals surface area contributed by atoms with E-state index in [4.69, 9.17) is 18.0 Å². The van der Waals surface area contributed by atoms with Gasteiger partial charge in [0, 0.05) is 11.8 Å². The van der Waals surface area contributed by atoms with Crippen LogP contribution in [0.2, 0.25) is 0 Å². The minimum atomic E-state index is 0.176. The van der Waals surface area contributed by atoms with Crippen LogP contribution in [-0.4, -0.2) is 9.97 Å². The van der Waals surface area contributed by atoms with Crippen molar-refractivity contribution in [3.8, 4) is 0 Å². The Morgan fingerprint density at radius 1 is 1.32 bits per heavy atom. The predicted molar refractivity (Wildman–Crippen MR) is 83.3 cm³/mol. The van der Waals surface area contributed by atoms with Gasteiger partial charge in [0.2, 0.25) is 0 Å². The molecule has 98 valence electrons. The Bertz CT molecular complexity index is 595. The predicted octanol–water partition coefficient (Wildman–Crippen LogP) is 3.20. The summed E-state index contributed by atoms with van der Waals surface area (Å²) in [5.74, 6) is 0.779. The van der Waals surface area contributed by atoms with Gasteiger partial charge in [0.1, 0.15) is 10.8 Å². The van der Waals surface area contributed by atoms with Crippen LogP contribution < -0.4 is 11.1 Å². The first kappa shape index (κ1) is 13.5. The Morgan fingerprint density at radius 3 is 2.74 bits per heavy atom. The summed E-state index contributed by atoms with van der Waals surface area (Å²) < 4.78 is 0. The number of anilines is 1. The van der Waals surface area contributed by atoms with Crippen molar-refractivity contribution in [3.05, 3.63) is 59.3 Å². The van der Waals surface area contributed by atoms with Crippen molar-refractivity contribution in [2.75, 3.05) is 5.32 Å². The average Bonchev–Trinajstić information content (AvgIpc) is 2.39. The van der Waals surface area contributed by atoms with E-state index in [0.717, 1.165) is 11.4 Å². The van der Waals surface area contributed by atoms with E-state index in [0.29, 0.717) is 4.99 Å². The first-order chi connectivity index (χ1) is 9.08. The second-order valence-electron chi connectivity index (χ2n) is 4.52. The second kappa shape index (κ2) is 5.80. The number of pyridine rings is 1. The van der Waals surface area contributed by atoms with Gasteiger partial charge in [0.15, 0.2) is 0 Å². The smallest absolute Gasteiger partial charge is 0.127 e. The maximum Gasteiger partial charge on any atom is 0.127 e. The molecule has 3 nitrogen and oxygen atoms in total. The van der Waals surface area contributed by atoms with Crippen LogP contribution in [0.15, 0.2) is 42.6 Å². The zero-order valence-corrected chi connectivity index (χ0v) is 11.9. The van der Waals surface area contributed by atoms with Crippen LogP contribution >= 0.6 is 12.2 Å². The fourth-order valence-electron chi connectivity index (χ4n) is 2.03. The van der Waals surface area contributed by atoms with Gasteiger partial charge in [-0.3, -0.25) is 0 Å². The Hall–Kier alpha value is -1.94. The van der Waals surface area contributed by atoms with E-state index in [-0.39, 0.29) is 6.04 Å². The highest BCUT2D eigenvalue weighted by Crippen LogP contribution is 2.21. The molecule has 4 heteroatoms. The number of rotatable bonds is 4. The number of hydrogen-bond donors (Lipinski definition) is 2. The van der Waals surface area contributed by atoms with Gasteiger partial charge in [0.25, 0.3) is 0 Å². The van der Waals surface area contributed by atoms with E-state index in [1.807, 2.05) is 24.3 Å². The van der Waals surface area contributed by atoms with Crippen molar-refractivity contribution in [3.63, 3.8) is 0 Å². The molecule has 0 saturated heterocycles. The Labute approximate surface area is 118 Å². The van der Waals surface area contributed by atoms with E-state index in [9.17, 15) is 0 Å². The number of hydrogen-bond acceptors (Lipinski definition) is 3. The van der Waals surface area contributed by atoms with Gasteiger partial charge in [-0.25, -0.2) is 4.98 Å². The highest BCUT2D eigenvalue weighted by Gasteiger charge is 2.08. The normalized spacial score (nSPS) is 11.9. The van der Waals surface area contributed by atoms with Crippen molar-refractivity contribution in [1.82, 2.24) is 4.98 Å². The molecular formula is C15H17N3S. The van der Waals surface area contributed by atoms with Crippen LogP contribution in [0.5, 0.6) is 0 Å². The molecule has 0 fully saturated rings. The molecule has 1 heterocycles. The lowest BCUT2D eigenvalue weighted by Gasteiger charge is -2.17. The quantitative estimate of drug-likeness (QED) is 0.838. The monoisotopic (exact) mass is 271 g/mol. The lowest BCUT2D eigenvalue weighted by Crippen LogP contribution is -2.12. The third-order valence-corrected chi connectivity index (χ3v) is 3.30. The summed E-state index contributed by atoms with van der Waals surface area (Å²) >= 11 is 4.97. The first-order valence-electron chi connectivity index (χ1n) is 6.16. The van der Waals surface area contributed by atoms with Gasteiger partial charge < -0.3 is 11.1 Å². The van der Waals surface area contributed by atoms with Crippen molar-refractivity contribution < 1.29 is 0 Å². The largest absolute Gasteiger partial charge is 0.389 e. The van der Waals surface area contributed by atoms with Gasteiger partial charge in [-0.05, 0) is 37.1 Å². The minimum absolute atomic E-state index is 0.176. The average molecular weight is 271 g/mol. The second-order valence-corrected chi connectivity index (χ2v) is 4.96. The van der Waals surface area contributed by atoms with Crippen LogP contribution in [0.1, 0.15) is 29.7 Å². The third-order valence-electron chi connectivity index (χ3n) is 3.06. The number of nitrogens with zero attached hydrogens (tertiary/aromatic N) is 1. The molecule has 2 aromatic rings.